The van der Waals surface area contributed by atoms with Crippen LogP contribution in [0.25, 0.3) is 0 Å². The second-order valence-electron chi connectivity index (χ2n) is 7.05. The molecule has 0 radical (unpaired) electrons. The van der Waals surface area contributed by atoms with Crippen molar-refractivity contribution in [3.05, 3.63) is 29.3 Å². The van der Waals surface area contributed by atoms with E-state index >= 15 is 0 Å². The number of ether oxygens (including phenoxy) is 2. The highest BCUT2D eigenvalue weighted by Gasteiger charge is 2.23. The molecule has 0 aliphatic heterocycles. The Balaban J connectivity index is 2.55. The molecule has 11 nitrogen and oxygen atoms in total. The second-order valence-corrected chi connectivity index (χ2v) is 7.05. The number of hydrogen-bond acceptors (Lipinski definition) is 8. The lowest BCUT2D eigenvalue weighted by molar-refractivity contribution is -0.138. The Morgan fingerprint density at radius 1 is 1.09 bits per heavy atom. The SMILES string of the molecule is CNC(=O)CCC(C=O)N(C)C(=O)c1ccc(NCCOCCOCCC(=O)O)cc1C=O. The molecule has 33 heavy (non-hydrogen) atoms. The number of benzene rings is 1. The zero-order valence-corrected chi connectivity index (χ0v) is 18.9. The Hall–Kier alpha value is -3.31. The molecule has 182 valence electrons. The molecule has 1 unspecified atom stereocenters. The lowest BCUT2D eigenvalue weighted by atomic mass is 10.0. The maximum atomic E-state index is 12.8. The molecular weight excluding hydrogens is 434 g/mol. The van der Waals surface area contributed by atoms with Crippen LogP contribution in [0, 0.1) is 0 Å². The van der Waals surface area contributed by atoms with Crippen molar-refractivity contribution < 1.29 is 38.6 Å². The number of aldehydes is 2. The number of carboxylic acids is 1. The van der Waals surface area contributed by atoms with Gasteiger partial charge in [0.05, 0.1) is 44.5 Å². The van der Waals surface area contributed by atoms with Crippen LogP contribution < -0.4 is 10.6 Å². The molecule has 1 aromatic carbocycles. The first-order chi connectivity index (χ1) is 15.8. The first-order valence-electron chi connectivity index (χ1n) is 10.5. The van der Waals surface area contributed by atoms with Gasteiger partial charge in [-0.15, -0.1) is 0 Å². The van der Waals surface area contributed by atoms with Crippen molar-refractivity contribution in [3.63, 3.8) is 0 Å². The number of rotatable bonds is 17. The van der Waals surface area contributed by atoms with Crippen molar-refractivity contribution in [1.29, 1.82) is 0 Å². The number of hydrogen-bond donors (Lipinski definition) is 3. The molecule has 0 heterocycles. The number of carbonyl (C=O) groups excluding carboxylic acids is 4. The predicted octanol–water partition coefficient (Wildman–Crippen LogP) is 0.585. The molecule has 0 aliphatic rings. The van der Waals surface area contributed by atoms with E-state index in [1.165, 1.54) is 31.1 Å². The Kier molecular flexibility index (Phi) is 13.0. The van der Waals surface area contributed by atoms with Gasteiger partial charge in [-0.25, -0.2) is 0 Å². The molecule has 0 aromatic heterocycles. The van der Waals surface area contributed by atoms with E-state index in [-0.39, 0.29) is 49.5 Å². The van der Waals surface area contributed by atoms with Crippen molar-refractivity contribution in [1.82, 2.24) is 10.2 Å². The molecule has 11 heteroatoms. The summed E-state index contributed by atoms with van der Waals surface area (Å²) < 4.78 is 10.5. The molecule has 0 aliphatic carbocycles. The molecule has 0 saturated carbocycles. The molecule has 0 saturated heterocycles. The predicted molar refractivity (Wildman–Crippen MR) is 119 cm³/mol. The Bertz CT molecular complexity index is 815. The van der Waals surface area contributed by atoms with Crippen molar-refractivity contribution in [2.24, 2.45) is 0 Å². The summed E-state index contributed by atoms with van der Waals surface area (Å²) in [6, 6.07) is 3.88. The largest absolute Gasteiger partial charge is 0.481 e. The molecular formula is C22H31N3O8. The average molecular weight is 466 g/mol. The van der Waals surface area contributed by atoms with E-state index in [1.54, 1.807) is 6.07 Å². The van der Waals surface area contributed by atoms with E-state index in [4.69, 9.17) is 14.6 Å². The van der Waals surface area contributed by atoms with Crippen LogP contribution in [0.15, 0.2) is 18.2 Å². The zero-order chi connectivity index (χ0) is 24.6. The standard InChI is InChI=1S/C22H31N3O8/c1-23-20(28)6-4-18(15-27)25(2)22(31)19-5-3-17(13-16(19)14-26)24-8-10-33-12-11-32-9-7-21(29)30/h3,5,13-15,18,24H,4,6-12H2,1-2H3,(H,23,28)(H,29,30). The summed E-state index contributed by atoms with van der Waals surface area (Å²) in [4.78, 5) is 58.8. The topological polar surface area (TPSA) is 151 Å². The van der Waals surface area contributed by atoms with E-state index in [0.717, 1.165) is 0 Å². The lowest BCUT2D eigenvalue weighted by Crippen LogP contribution is -2.39. The van der Waals surface area contributed by atoms with Gasteiger partial charge in [0.25, 0.3) is 5.91 Å². The summed E-state index contributed by atoms with van der Waals surface area (Å²) in [6.45, 7) is 1.53. The first kappa shape index (κ1) is 27.7. The summed E-state index contributed by atoms with van der Waals surface area (Å²) in [7, 11) is 2.94. The van der Waals surface area contributed by atoms with Gasteiger partial charge in [0.2, 0.25) is 5.91 Å². The molecule has 0 spiro atoms. The third-order valence-electron chi connectivity index (χ3n) is 4.74. The van der Waals surface area contributed by atoms with Crippen LogP contribution in [0.4, 0.5) is 5.69 Å². The van der Waals surface area contributed by atoms with Crippen LogP contribution in [0.3, 0.4) is 0 Å². The maximum Gasteiger partial charge on any atom is 0.305 e. The third-order valence-corrected chi connectivity index (χ3v) is 4.74. The number of aliphatic carboxylic acids is 1. The van der Waals surface area contributed by atoms with Crippen LogP contribution in [0.1, 0.15) is 40.0 Å². The minimum atomic E-state index is -0.918. The fourth-order valence-corrected chi connectivity index (χ4v) is 2.81. The third kappa shape index (κ3) is 10.2. The second kappa shape index (κ2) is 15.5. The van der Waals surface area contributed by atoms with E-state index in [9.17, 15) is 24.0 Å². The monoisotopic (exact) mass is 465 g/mol. The molecule has 3 N–H and O–H groups in total. The molecule has 0 fully saturated rings. The van der Waals surface area contributed by atoms with Crippen molar-refractivity contribution in [2.75, 3.05) is 52.4 Å². The fraction of sp³-hybridized carbons (Fsp3) is 0.500. The number of carboxylic acid groups (broad SMARTS) is 1. The Morgan fingerprint density at radius 2 is 1.79 bits per heavy atom. The van der Waals surface area contributed by atoms with Gasteiger partial charge < -0.3 is 34.9 Å². The number of likely N-dealkylation sites (N-methyl/N-ethyl adjacent to an activating group) is 1. The van der Waals surface area contributed by atoms with Gasteiger partial charge >= 0.3 is 5.97 Å². The summed E-state index contributed by atoms with van der Waals surface area (Å²) in [5.41, 5.74) is 0.935. The van der Waals surface area contributed by atoms with Gasteiger partial charge in [-0.1, -0.05) is 0 Å². The van der Waals surface area contributed by atoms with Crippen LogP contribution >= 0.6 is 0 Å². The Labute approximate surface area is 192 Å². The van der Waals surface area contributed by atoms with Crippen molar-refractivity contribution in [2.45, 2.75) is 25.3 Å². The highest BCUT2D eigenvalue weighted by atomic mass is 16.5. The van der Waals surface area contributed by atoms with Crippen LogP contribution in [0.2, 0.25) is 0 Å². The highest BCUT2D eigenvalue weighted by Crippen LogP contribution is 2.18. The molecule has 1 aromatic rings. The van der Waals surface area contributed by atoms with Crippen molar-refractivity contribution >= 4 is 36.0 Å². The normalized spacial score (nSPS) is 11.3. The average Bonchev–Trinajstić information content (AvgIpc) is 2.82. The van der Waals surface area contributed by atoms with E-state index in [2.05, 4.69) is 10.6 Å². The van der Waals surface area contributed by atoms with Gasteiger partial charge in [0.15, 0.2) is 6.29 Å². The van der Waals surface area contributed by atoms with Gasteiger partial charge in [-0.2, -0.15) is 0 Å². The first-order valence-corrected chi connectivity index (χ1v) is 10.5. The van der Waals surface area contributed by atoms with E-state index in [1.807, 2.05) is 0 Å². The van der Waals surface area contributed by atoms with Gasteiger partial charge in [0, 0.05) is 38.3 Å². The minimum absolute atomic E-state index is 0.0548. The quantitative estimate of drug-likeness (QED) is 0.222. The smallest absolute Gasteiger partial charge is 0.305 e. The summed E-state index contributed by atoms with van der Waals surface area (Å²) >= 11 is 0. The number of amides is 2. The zero-order valence-electron chi connectivity index (χ0n) is 18.9. The van der Waals surface area contributed by atoms with Crippen molar-refractivity contribution in [3.8, 4) is 0 Å². The Morgan fingerprint density at radius 3 is 2.39 bits per heavy atom. The number of carbonyl (C=O) groups is 5. The maximum absolute atomic E-state index is 12.8. The van der Waals surface area contributed by atoms with E-state index < -0.39 is 17.9 Å². The van der Waals surface area contributed by atoms with Gasteiger partial charge in [-0.3, -0.25) is 19.2 Å². The number of nitrogens with one attached hydrogen (secondary N) is 2. The summed E-state index contributed by atoms with van der Waals surface area (Å²) in [5, 5.41) is 14.0. The number of nitrogens with zero attached hydrogens (tertiary/aromatic N) is 1. The fourth-order valence-electron chi connectivity index (χ4n) is 2.81. The molecule has 1 rings (SSSR count). The summed E-state index contributed by atoms with van der Waals surface area (Å²) in [6.07, 6.45) is 1.39. The summed E-state index contributed by atoms with van der Waals surface area (Å²) in [5.74, 6) is -1.65. The lowest BCUT2D eigenvalue weighted by Gasteiger charge is -2.24. The van der Waals surface area contributed by atoms with Gasteiger partial charge in [0.1, 0.15) is 6.29 Å². The molecule has 1 atom stereocenters. The minimum Gasteiger partial charge on any atom is -0.481 e. The van der Waals surface area contributed by atoms with Crippen LogP contribution in [0.5, 0.6) is 0 Å². The van der Waals surface area contributed by atoms with Crippen LogP contribution in [-0.4, -0.2) is 93.5 Å². The van der Waals surface area contributed by atoms with E-state index in [0.29, 0.717) is 38.0 Å². The molecule has 0 bridgehead atoms. The van der Waals surface area contributed by atoms with Crippen LogP contribution in [-0.2, 0) is 23.9 Å². The van der Waals surface area contributed by atoms with Gasteiger partial charge in [-0.05, 0) is 24.6 Å². The molecule has 2 amide bonds. The number of anilines is 1. The highest BCUT2D eigenvalue weighted by molar-refractivity contribution is 6.02.